The van der Waals surface area contributed by atoms with E-state index in [1.807, 2.05) is 36.4 Å². The highest BCUT2D eigenvalue weighted by atomic mass is 16.1. The summed E-state index contributed by atoms with van der Waals surface area (Å²) in [5, 5.41) is 3.79. The minimum Gasteiger partial charge on any atom is -0.303 e. The molecule has 122 valence electrons. The third-order valence-corrected chi connectivity index (χ3v) is 5.22. The van der Waals surface area contributed by atoms with Crippen LogP contribution in [0.2, 0.25) is 0 Å². The molecule has 1 saturated carbocycles. The van der Waals surface area contributed by atoms with Crippen molar-refractivity contribution in [3.05, 3.63) is 76.9 Å². The van der Waals surface area contributed by atoms with E-state index in [1.54, 1.807) is 0 Å². The molecule has 1 N–H and O–H groups in total. The highest BCUT2D eigenvalue weighted by Gasteiger charge is 2.35. The van der Waals surface area contributed by atoms with Crippen molar-refractivity contribution >= 4 is 11.9 Å². The Balaban J connectivity index is 1.70. The van der Waals surface area contributed by atoms with Gasteiger partial charge in [-0.25, -0.2) is 0 Å². The third-order valence-electron chi connectivity index (χ3n) is 5.22. The number of nitrogens with one attached hydrogen (secondary N) is 1. The molecular formula is C22H23NO. The zero-order valence-electron chi connectivity index (χ0n) is 13.9. The SMILES string of the molecule is O=C1/C(=C/c2ccccc2)[C@@H](NC2CCCCC2)c2ccccc21. The smallest absolute Gasteiger partial charge is 0.191 e. The minimum absolute atomic E-state index is 0.0250. The molecule has 0 aliphatic heterocycles. The standard InChI is InChI=1S/C22H23NO/c24-22-19-14-8-7-13-18(19)21(23-17-11-5-2-6-12-17)20(22)15-16-9-3-1-4-10-16/h1,3-4,7-10,13-15,17,21,23H,2,5-6,11-12H2/b20-15+/t21-/m0/s1. The Labute approximate surface area is 143 Å². The van der Waals surface area contributed by atoms with Crippen LogP contribution in [0.25, 0.3) is 6.08 Å². The number of benzene rings is 2. The minimum atomic E-state index is 0.0250. The van der Waals surface area contributed by atoms with E-state index < -0.39 is 0 Å². The second kappa shape index (κ2) is 6.74. The van der Waals surface area contributed by atoms with E-state index >= 15 is 0 Å². The molecular weight excluding hydrogens is 294 g/mol. The summed E-state index contributed by atoms with van der Waals surface area (Å²) in [7, 11) is 0. The lowest BCUT2D eigenvalue weighted by molar-refractivity contribution is 0.103. The van der Waals surface area contributed by atoms with Crippen molar-refractivity contribution in [3.63, 3.8) is 0 Å². The Bertz CT molecular complexity index is 757. The topological polar surface area (TPSA) is 29.1 Å². The van der Waals surface area contributed by atoms with Crippen molar-refractivity contribution in [1.82, 2.24) is 5.32 Å². The predicted octanol–water partition coefficient (Wildman–Crippen LogP) is 4.93. The molecule has 0 radical (unpaired) electrons. The van der Waals surface area contributed by atoms with Crippen LogP contribution in [-0.4, -0.2) is 11.8 Å². The summed E-state index contributed by atoms with van der Waals surface area (Å²) in [6.45, 7) is 0. The predicted molar refractivity (Wildman–Crippen MR) is 97.9 cm³/mol. The summed E-state index contributed by atoms with van der Waals surface area (Å²) >= 11 is 0. The van der Waals surface area contributed by atoms with E-state index in [1.165, 1.54) is 32.1 Å². The van der Waals surface area contributed by atoms with Gasteiger partial charge in [-0.1, -0.05) is 73.9 Å². The number of hydrogen-bond donors (Lipinski definition) is 1. The van der Waals surface area contributed by atoms with Crippen LogP contribution in [0.4, 0.5) is 0 Å². The van der Waals surface area contributed by atoms with Gasteiger partial charge < -0.3 is 5.32 Å². The van der Waals surface area contributed by atoms with Crippen LogP contribution in [0.15, 0.2) is 60.2 Å². The molecule has 2 aliphatic rings. The van der Waals surface area contributed by atoms with Crippen LogP contribution in [0, 0.1) is 0 Å². The molecule has 2 aliphatic carbocycles. The van der Waals surface area contributed by atoms with Crippen LogP contribution in [0.5, 0.6) is 0 Å². The Morgan fingerprint density at radius 2 is 1.58 bits per heavy atom. The quantitative estimate of drug-likeness (QED) is 0.813. The average Bonchev–Trinajstić information content (AvgIpc) is 2.90. The molecule has 0 unspecified atom stereocenters. The maximum absolute atomic E-state index is 12.9. The van der Waals surface area contributed by atoms with Gasteiger partial charge in [-0.15, -0.1) is 0 Å². The maximum atomic E-state index is 12.9. The highest BCUT2D eigenvalue weighted by molar-refractivity contribution is 6.16. The first-order chi connectivity index (χ1) is 11.8. The number of rotatable bonds is 3. The number of ketones is 1. The first kappa shape index (κ1) is 15.3. The van der Waals surface area contributed by atoms with E-state index in [-0.39, 0.29) is 11.8 Å². The second-order valence-electron chi connectivity index (χ2n) is 6.86. The fraction of sp³-hybridized carbons (Fsp3) is 0.318. The van der Waals surface area contributed by atoms with Crippen molar-refractivity contribution in [2.24, 2.45) is 0 Å². The summed E-state index contributed by atoms with van der Waals surface area (Å²) in [6.07, 6.45) is 8.40. The summed E-state index contributed by atoms with van der Waals surface area (Å²) in [5.41, 5.74) is 3.96. The number of Topliss-reactive ketones (excluding diaryl/α,β-unsaturated/α-hetero) is 1. The normalized spacial score (nSPS) is 22.8. The van der Waals surface area contributed by atoms with Crippen LogP contribution in [0.1, 0.15) is 59.6 Å². The van der Waals surface area contributed by atoms with Gasteiger partial charge in [-0.3, -0.25) is 4.79 Å². The summed E-state index contributed by atoms with van der Waals surface area (Å²) in [5.74, 6) is 0.169. The van der Waals surface area contributed by atoms with Gasteiger partial charge in [0.2, 0.25) is 0 Å². The lowest BCUT2D eigenvalue weighted by atomic mass is 9.93. The van der Waals surface area contributed by atoms with Crippen LogP contribution < -0.4 is 5.32 Å². The molecule has 24 heavy (non-hydrogen) atoms. The number of hydrogen-bond acceptors (Lipinski definition) is 2. The molecule has 1 atom stereocenters. The Kier molecular flexibility index (Phi) is 4.31. The molecule has 0 bridgehead atoms. The van der Waals surface area contributed by atoms with Crippen molar-refractivity contribution in [3.8, 4) is 0 Å². The van der Waals surface area contributed by atoms with Crippen molar-refractivity contribution in [2.45, 2.75) is 44.2 Å². The van der Waals surface area contributed by atoms with Gasteiger partial charge in [0.25, 0.3) is 0 Å². The number of carbonyl (C=O) groups excluding carboxylic acids is 1. The maximum Gasteiger partial charge on any atom is 0.191 e. The van der Waals surface area contributed by atoms with Gasteiger partial charge in [0.1, 0.15) is 0 Å². The molecule has 0 amide bonds. The number of carbonyl (C=O) groups is 1. The van der Waals surface area contributed by atoms with Gasteiger partial charge in [-0.2, -0.15) is 0 Å². The molecule has 2 nitrogen and oxygen atoms in total. The Morgan fingerprint density at radius 1 is 0.875 bits per heavy atom. The zero-order valence-corrected chi connectivity index (χ0v) is 13.9. The largest absolute Gasteiger partial charge is 0.303 e. The van der Waals surface area contributed by atoms with Gasteiger partial charge in [0.15, 0.2) is 5.78 Å². The third kappa shape index (κ3) is 2.94. The lowest BCUT2D eigenvalue weighted by Gasteiger charge is -2.27. The molecule has 0 heterocycles. The van der Waals surface area contributed by atoms with E-state index in [0.29, 0.717) is 6.04 Å². The van der Waals surface area contributed by atoms with Crippen molar-refractivity contribution in [1.29, 1.82) is 0 Å². The van der Waals surface area contributed by atoms with E-state index in [0.717, 1.165) is 22.3 Å². The Hall–Kier alpha value is -2.19. The molecule has 2 aromatic rings. The molecule has 4 rings (SSSR count). The second-order valence-corrected chi connectivity index (χ2v) is 6.86. The fourth-order valence-corrected chi connectivity index (χ4v) is 3.97. The Morgan fingerprint density at radius 3 is 2.38 bits per heavy atom. The summed E-state index contributed by atoms with van der Waals surface area (Å²) < 4.78 is 0. The van der Waals surface area contributed by atoms with E-state index in [4.69, 9.17) is 0 Å². The molecule has 0 saturated heterocycles. The van der Waals surface area contributed by atoms with Gasteiger partial charge >= 0.3 is 0 Å². The fourth-order valence-electron chi connectivity index (χ4n) is 3.97. The molecule has 0 aromatic heterocycles. The monoisotopic (exact) mass is 317 g/mol. The average molecular weight is 317 g/mol. The lowest BCUT2D eigenvalue weighted by Crippen LogP contribution is -2.34. The molecule has 1 fully saturated rings. The van der Waals surface area contributed by atoms with Gasteiger partial charge in [-0.05, 0) is 30.0 Å². The van der Waals surface area contributed by atoms with E-state index in [9.17, 15) is 4.79 Å². The van der Waals surface area contributed by atoms with Crippen LogP contribution in [-0.2, 0) is 0 Å². The zero-order chi connectivity index (χ0) is 16.4. The number of fused-ring (bicyclic) bond motifs is 1. The summed E-state index contributed by atoms with van der Waals surface area (Å²) in [6, 6.07) is 18.7. The van der Waals surface area contributed by atoms with Gasteiger partial charge in [0.05, 0.1) is 6.04 Å². The highest BCUT2D eigenvalue weighted by Crippen LogP contribution is 2.38. The van der Waals surface area contributed by atoms with Crippen LogP contribution >= 0.6 is 0 Å². The first-order valence-electron chi connectivity index (χ1n) is 8.99. The summed E-state index contributed by atoms with van der Waals surface area (Å²) in [4.78, 5) is 12.9. The first-order valence-corrected chi connectivity index (χ1v) is 8.99. The van der Waals surface area contributed by atoms with Crippen LogP contribution in [0.3, 0.4) is 0 Å². The van der Waals surface area contributed by atoms with Crippen molar-refractivity contribution < 1.29 is 4.79 Å². The molecule has 2 aromatic carbocycles. The molecule has 0 spiro atoms. The van der Waals surface area contributed by atoms with Crippen molar-refractivity contribution in [2.75, 3.05) is 0 Å². The van der Waals surface area contributed by atoms with Gasteiger partial charge in [0, 0.05) is 17.2 Å². The van der Waals surface area contributed by atoms with E-state index in [2.05, 4.69) is 29.6 Å². The molecule has 2 heteroatoms.